The van der Waals surface area contributed by atoms with Crippen molar-refractivity contribution in [2.45, 2.75) is 24.8 Å². The Morgan fingerprint density at radius 3 is 2.50 bits per heavy atom. The molecule has 0 aliphatic rings. The third-order valence-electron chi connectivity index (χ3n) is 5.27. The van der Waals surface area contributed by atoms with Crippen molar-refractivity contribution < 1.29 is 17.9 Å². The minimum Gasteiger partial charge on any atom is -0.495 e. The van der Waals surface area contributed by atoms with Gasteiger partial charge in [0.25, 0.3) is 10.0 Å². The summed E-state index contributed by atoms with van der Waals surface area (Å²) in [5.41, 5.74) is 7.29. The minimum absolute atomic E-state index is 0.0145. The van der Waals surface area contributed by atoms with Crippen LogP contribution in [0.15, 0.2) is 59.9 Å². The van der Waals surface area contributed by atoms with Crippen LogP contribution in [-0.2, 0) is 10.0 Å². The lowest BCUT2D eigenvalue weighted by Gasteiger charge is -2.13. The van der Waals surface area contributed by atoms with Crippen molar-refractivity contribution in [3.8, 4) is 5.75 Å². The number of anilines is 2. The van der Waals surface area contributed by atoms with E-state index in [9.17, 15) is 13.2 Å². The number of methoxy groups -OCH3 is 1. The molecule has 34 heavy (non-hydrogen) atoms. The van der Waals surface area contributed by atoms with Crippen LogP contribution in [0.2, 0.25) is 5.02 Å². The number of carbonyl (C=O) groups excluding carboxylic acids is 1. The molecule has 0 spiro atoms. The molecule has 0 bridgehead atoms. The van der Waals surface area contributed by atoms with Gasteiger partial charge in [-0.3, -0.25) is 9.52 Å². The highest BCUT2D eigenvalue weighted by atomic mass is 35.5. The van der Waals surface area contributed by atoms with E-state index in [1.807, 2.05) is 18.4 Å². The molecular formula is C23H22ClN5O4S. The second-order valence-electron chi connectivity index (χ2n) is 7.80. The maximum Gasteiger partial charge on any atom is 0.262 e. The predicted molar refractivity (Wildman–Crippen MR) is 131 cm³/mol. The number of ketones is 1. The molecule has 11 heteroatoms. The number of sulfonamides is 1. The van der Waals surface area contributed by atoms with Gasteiger partial charge in [-0.25, -0.2) is 18.4 Å². The Bertz CT molecular complexity index is 1500. The van der Waals surface area contributed by atoms with Crippen LogP contribution in [0.4, 0.5) is 11.5 Å². The largest absolute Gasteiger partial charge is 0.495 e. The van der Waals surface area contributed by atoms with E-state index in [4.69, 9.17) is 22.1 Å². The Labute approximate surface area is 201 Å². The molecule has 4 aromatic rings. The van der Waals surface area contributed by atoms with E-state index in [0.29, 0.717) is 21.6 Å². The first-order valence-electron chi connectivity index (χ1n) is 10.2. The number of ether oxygens (including phenoxy) is 1. The summed E-state index contributed by atoms with van der Waals surface area (Å²) < 4.78 is 35.4. The average Bonchev–Trinajstić information content (AvgIpc) is 3.20. The summed E-state index contributed by atoms with van der Waals surface area (Å²) in [4.78, 5) is 21.9. The van der Waals surface area contributed by atoms with Crippen LogP contribution in [0.3, 0.4) is 0 Å². The number of rotatable bonds is 7. The fraction of sp³-hybridized carbons (Fsp3) is 0.174. The Kier molecular flexibility index (Phi) is 6.20. The second-order valence-corrected chi connectivity index (χ2v) is 9.92. The first-order valence-corrected chi connectivity index (χ1v) is 12.1. The smallest absolute Gasteiger partial charge is 0.262 e. The number of aromatic nitrogens is 3. The van der Waals surface area contributed by atoms with Gasteiger partial charge in [-0.15, -0.1) is 0 Å². The third-order valence-corrected chi connectivity index (χ3v) is 6.90. The SMILES string of the molecule is COc1ccc(C(=O)c2cn(C(C)C)c3ncnc(N)c23)cc1NS(=O)(=O)c1ccc(Cl)cc1. The van der Waals surface area contributed by atoms with E-state index in [2.05, 4.69) is 14.7 Å². The van der Waals surface area contributed by atoms with Crippen LogP contribution in [0, 0.1) is 0 Å². The number of nitrogen functional groups attached to an aromatic ring is 1. The zero-order chi connectivity index (χ0) is 24.6. The van der Waals surface area contributed by atoms with Gasteiger partial charge in [-0.2, -0.15) is 0 Å². The summed E-state index contributed by atoms with van der Waals surface area (Å²) in [6.07, 6.45) is 3.03. The van der Waals surface area contributed by atoms with Gasteiger partial charge >= 0.3 is 0 Å². The topological polar surface area (TPSA) is 129 Å². The number of carbonyl (C=O) groups is 1. The number of halogens is 1. The van der Waals surface area contributed by atoms with Crippen molar-refractivity contribution in [2.75, 3.05) is 17.6 Å². The van der Waals surface area contributed by atoms with Crippen molar-refractivity contribution in [1.82, 2.24) is 14.5 Å². The zero-order valence-corrected chi connectivity index (χ0v) is 20.2. The van der Waals surface area contributed by atoms with E-state index >= 15 is 0 Å². The average molecular weight is 500 g/mol. The summed E-state index contributed by atoms with van der Waals surface area (Å²) in [7, 11) is -2.55. The lowest BCUT2D eigenvalue weighted by Crippen LogP contribution is -2.14. The molecule has 2 aromatic heterocycles. The monoisotopic (exact) mass is 499 g/mol. The minimum atomic E-state index is -3.96. The van der Waals surface area contributed by atoms with Crippen LogP contribution >= 0.6 is 11.6 Å². The lowest BCUT2D eigenvalue weighted by atomic mass is 10.0. The van der Waals surface area contributed by atoms with E-state index < -0.39 is 10.0 Å². The van der Waals surface area contributed by atoms with Crippen LogP contribution in [0.25, 0.3) is 11.0 Å². The first kappa shape index (κ1) is 23.5. The quantitative estimate of drug-likeness (QED) is 0.363. The molecule has 9 nitrogen and oxygen atoms in total. The Balaban J connectivity index is 1.78. The van der Waals surface area contributed by atoms with E-state index in [1.165, 1.54) is 49.8 Å². The normalized spacial score (nSPS) is 11.7. The van der Waals surface area contributed by atoms with Crippen LogP contribution < -0.4 is 15.2 Å². The fourth-order valence-electron chi connectivity index (χ4n) is 3.58. The molecule has 0 radical (unpaired) electrons. The standard InChI is InChI=1S/C23H22ClN5O4S/c1-13(2)29-11-17(20-22(25)26-12-27-23(20)29)21(30)14-4-9-19(33-3)18(10-14)28-34(31,32)16-7-5-15(24)6-8-16/h4-13,28H,1-3H3,(H2,25,26,27). The molecule has 3 N–H and O–H groups in total. The lowest BCUT2D eigenvalue weighted by molar-refractivity contribution is 0.104. The van der Waals surface area contributed by atoms with Gasteiger partial charge in [-0.1, -0.05) is 11.6 Å². The number of benzene rings is 2. The molecule has 0 saturated carbocycles. The second kappa shape index (κ2) is 8.96. The van der Waals surface area contributed by atoms with Crippen molar-refractivity contribution in [1.29, 1.82) is 0 Å². The van der Waals surface area contributed by atoms with Gasteiger partial charge in [0.15, 0.2) is 5.78 Å². The highest BCUT2D eigenvalue weighted by Crippen LogP contribution is 2.32. The molecule has 4 rings (SSSR count). The van der Waals surface area contributed by atoms with Crippen LogP contribution in [0.1, 0.15) is 35.8 Å². The van der Waals surface area contributed by atoms with E-state index in [1.54, 1.807) is 12.3 Å². The molecule has 0 atom stereocenters. The zero-order valence-electron chi connectivity index (χ0n) is 18.6. The molecule has 0 unspecified atom stereocenters. The number of nitrogens with zero attached hydrogens (tertiary/aromatic N) is 3. The van der Waals surface area contributed by atoms with Crippen molar-refractivity contribution in [3.63, 3.8) is 0 Å². The number of hydrogen-bond acceptors (Lipinski definition) is 7. The predicted octanol–water partition coefficient (Wildman–Crippen LogP) is 4.29. The van der Waals surface area contributed by atoms with Crippen molar-refractivity contribution >= 4 is 49.9 Å². The molecule has 0 aliphatic carbocycles. The molecular weight excluding hydrogens is 478 g/mol. The molecule has 2 heterocycles. The molecule has 0 amide bonds. The van der Waals surface area contributed by atoms with Gasteiger partial charge in [0, 0.05) is 22.8 Å². The van der Waals surface area contributed by atoms with Gasteiger partial charge in [0.05, 0.1) is 28.6 Å². The van der Waals surface area contributed by atoms with Crippen molar-refractivity contribution in [2.24, 2.45) is 0 Å². The highest BCUT2D eigenvalue weighted by Gasteiger charge is 2.23. The van der Waals surface area contributed by atoms with E-state index in [-0.39, 0.29) is 39.5 Å². The molecule has 2 aromatic carbocycles. The summed E-state index contributed by atoms with van der Waals surface area (Å²) >= 11 is 5.86. The summed E-state index contributed by atoms with van der Waals surface area (Å²) in [6, 6.07) is 10.2. The maximum atomic E-state index is 13.5. The Morgan fingerprint density at radius 1 is 1.15 bits per heavy atom. The maximum absolute atomic E-state index is 13.5. The van der Waals surface area contributed by atoms with E-state index in [0.717, 1.165) is 0 Å². The Hall–Kier alpha value is -3.63. The molecule has 0 saturated heterocycles. The Morgan fingerprint density at radius 2 is 1.85 bits per heavy atom. The van der Waals surface area contributed by atoms with Gasteiger partial charge in [0.1, 0.15) is 23.5 Å². The van der Waals surface area contributed by atoms with Gasteiger partial charge in [-0.05, 0) is 56.3 Å². The van der Waals surface area contributed by atoms with Crippen LogP contribution in [0.5, 0.6) is 5.75 Å². The number of nitrogens with two attached hydrogens (primary N) is 1. The summed E-state index contributed by atoms with van der Waals surface area (Å²) in [6.45, 7) is 3.92. The number of nitrogens with one attached hydrogen (secondary N) is 1. The van der Waals surface area contributed by atoms with Gasteiger partial charge < -0.3 is 15.0 Å². The molecule has 0 aliphatic heterocycles. The summed E-state index contributed by atoms with van der Waals surface area (Å²) in [5, 5.41) is 0.855. The number of fused-ring (bicyclic) bond motifs is 1. The fourth-order valence-corrected chi connectivity index (χ4v) is 4.76. The van der Waals surface area contributed by atoms with Crippen LogP contribution in [-0.4, -0.2) is 35.8 Å². The van der Waals surface area contributed by atoms with Gasteiger partial charge in [0.2, 0.25) is 0 Å². The third kappa shape index (κ3) is 4.29. The molecule has 176 valence electrons. The number of hydrogen-bond donors (Lipinski definition) is 2. The molecule has 0 fully saturated rings. The first-order chi connectivity index (χ1) is 16.1. The highest BCUT2D eigenvalue weighted by molar-refractivity contribution is 7.92. The summed E-state index contributed by atoms with van der Waals surface area (Å²) in [5.74, 6) is 0.0759. The van der Waals surface area contributed by atoms with Crippen molar-refractivity contribution in [3.05, 3.63) is 71.1 Å².